The van der Waals surface area contributed by atoms with E-state index >= 15 is 0 Å². The molecule has 0 aromatic heterocycles. The van der Waals surface area contributed by atoms with Crippen molar-refractivity contribution in [3.8, 4) is 0 Å². The second-order valence-electron chi connectivity index (χ2n) is 3.60. The highest BCUT2D eigenvalue weighted by molar-refractivity contribution is 9.23. The molecular formula is C11H23BrMgO2. The van der Waals surface area contributed by atoms with Crippen molar-refractivity contribution in [3.63, 3.8) is 0 Å². The van der Waals surface area contributed by atoms with Crippen LogP contribution in [0.2, 0.25) is 4.55 Å². The van der Waals surface area contributed by atoms with Crippen molar-refractivity contribution in [1.82, 2.24) is 0 Å². The lowest BCUT2D eigenvalue weighted by Crippen LogP contribution is -1.93. The van der Waals surface area contributed by atoms with E-state index in [1.807, 2.05) is 0 Å². The molecular weight excluding hydrogens is 268 g/mol. The van der Waals surface area contributed by atoms with E-state index in [2.05, 4.69) is 26.7 Å². The largest absolute Gasteiger partial charge is 0.481 e. The molecule has 0 atom stereocenters. The summed E-state index contributed by atoms with van der Waals surface area (Å²) in [6, 6.07) is 0. The Hall–Kier alpha value is 0.716. The standard InChI is InChI=1S/C9H18O2.C2H5.BrH.Mg/c1-2-3-4-5-6-7-8-9(10)11;1-2;;/h2-8H2,1H3,(H,10,11);1H2,2H3;1H;/q;;;+1/p-1. The topological polar surface area (TPSA) is 37.3 Å². The Balaban J connectivity index is 0. The highest BCUT2D eigenvalue weighted by Crippen LogP contribution is 2.06. The van der Waals surface area contributed by atoms with Gasteiger partial charge >= 0.3 is 24.2 Å². The van der Waals surface area contributed by atoms with Gasteiger partial charge in [0.15, 0.2) is 0 Å². The molecule has 4 heteroatoms. The van der Waals surface area contributed by atoms with Crippen LogP contribution in [0.4, 0.5) is 0 Å². The third-order valence-corrected chi connectivity index (χ3v) is 4.69. The molecule has 1 N–H and O–H groups in total. The average Bonchev–Trinajstić information content (AvgIpc) is 2.23. The van der Waals surface area contributed by atoms with Crippen LogP contribution in [0.1, 0.15) is 58.8 Å². The number of carboxylic acid groups (broad SMARTS) is 1. The summed E-state index contributed by atoms with van der Waals surface area (Å²) in [6.07, 6.45) is 7.25. The van der Waals surface area contributed by atoms with Gasteiger partial charge in [0.25, 0.3) is 0 Å². The maximum absolute atomic E-state index is 10.1. The first kappa shape index (κ1) is 18.1. The molecule has 15 heavy (non-hydrogen) atoms. The van der Waals surface area contributed by atoms with Crippen LogP contribution in [0.25, 0.3) is 0 Å². The number of halogens is 1. The van der Waals surface area contributed by atoms with Crippen LogP contribution in [0.3, 0.4) is 0 Å². The normalized spacial score (nSPS) is 8.73. The molecule has 0 bridgehead atoms. The van der Waals surface area contributed by atoms with Crippen molar-refractivity contribution in [2.24, 2.45) is 0 Å². The molecule has 0 heterocycles. The summed E-state index contributed by atoms with van der Waals surface area (Å²) < 4.78 is 1.38. The van der Waals surface area contributed by atoms with E-state index in [1.165, 1.54) is 30.2 Å². The molecule has 2 nitrogen and oxygen atoms in total. The Morgan fingerprint density at radius 1 is 1.13 bits per heavy atom. The minimum Gasteiger partial charge on any atom is -0.481 e. The SMILES string of the molecule is CCCCCCCCC(=O)O.C[CH2][Mg][Br]. The van der Waals surface area contributed by atoms with Gasteiger partial charge in [0.1, 0.15) is 0 Å². The minimum atomic E-state index is -0.666. The van der Waals surface area contributed by atoms with Crippen molar-refractivity contribution >= 4 is 37.0 Å². The molecule has 0 aromatic carbocycles. The van der Waals surface area contributed by atoms with Crippen molar-refractivity contribution < 1.29 is 9.90 Å². The molecule has 88 valence electrons. The Morgan fingerprint density at radius 2 is 1.60 bits per heavy atom. The monoisotopic (exact) mass is 290 g/mol. The van der Waals surface area contributed by atoms with E-state index in [0.29, 0.717) is 6.42 Å². The lowest BCUT2D eigenvalue weighted by Gasteiger charge is -1.97. The number of hydrogen-bond donors (Lipinski definition) is 1. The van der Waals surface area contributed by atoms with Gasteiger partial charge in [0.05, 0.1) is 0 Å². The van der Waals surface area contributed by atoms with Crippen LogP contribution in [0, 0.1) is 0 Å². The Morgan fingerprint density at radius 3 is 2.00 bits per heavy atom. The predicted octanol–water partition coefficient (Wildman–Crippen LogP) is 4.26. The molecule has 0 aliphatic rings. The van der Waals surface area contributed by atoms with Gasteiger partial charge in [-0.15, -0.1) is 4.55 Å². The van der Waals surface area contributed by atoms with E-state index < -0.39 is 5.97 Å². The summed E-state index contributed by atoms with van der Waals surface area (Å²) in [4.78, 5) is 10.1. The summed E-state index contributed by atoms with van der Waals surface area (Å²) in [5.74, 6) is -0.666. The van der Waals surface area contributed by atoms with E-state index in [4.69, 9.17) is 5.11 Å². The van der Waals surface area contributed by atoms with Gasteiger partial charge in [-0.1, -0.05) is 46.0 Å². The molecule has 0 aliphatic carbocycles. The predicted molar refractivity (Wildman–Crippen MR) is 70.8 cm³/mol. The third-order valence-electron chi connectivity index (χ3n) is 1.93. The highest BCUT2D eigenvalue weighted by Gasteiger charge is 1.95. The van der Waals surface area contributed by atoms with Gasteiger partial charge < -0.3 is 18.0 Å². The maximum Gasteiger partial charge on any atom is 0.468 e. The van der Waals surface area contributed by atoms with E-state index in [-0.39, 0.29) is 18.2 Å². The van der Waals surface area contributed by atoms with Gasteiger partial charge in [0, 0.05) is 6.42 Å². The molecule has 0 rings (SSSR count). The minimum absolute atomic E-state index is 0.237. The first-order valence-corrected chi connectivity index (χ1v) is 10.9. The summed E-state index contributed by atoms with van der Waals surface area (Å²) in [7, 11) is 0. The van der Waals surface area contributed by atoms with Crippen molar-refractivity contribution in [2.75, 3.05) is 0 Å². The Kier molecular flexibility index (Phi) is 20.7. The van der Waals surface area contributed by atoms with E-state index in [0.717, 1.165) is 12.8 Å². The fourth-order valence-corrected chi connectivity index (χ4v) is 1.06. The maximum atomic E-state index is 10.1. The number of hydrogen-bond acceptors (Lipinski definition) is 1. The Labute approximate surface area is 110 Å². The van der Waals surface area contributed by atoms with Gasteiger partial charge in [-0.05, 0) is 6.42 Å². The average molecular weight is 292 g/mol. The number of carboxylic acids is 1. The summed E-state index contributed by atoms with van der Waals surface area (Å²) in [6.45, 7) is 4.37. The van der Waals surface area contributed by atoms with Crippen molar-refractivity contribution in [3.05, 3.63) is 0 Å². The van der Waals surface area contributed by atoms with Gasteiger partial charge in [0.2, 0.25) is 0 Å². The second-order valence-corrected chi connectivity index (χ2v) is 7.36. The lowest BCUT2D eigenvalue weighted by atomic mass is 10.1. The number of unbranched alkanes of at least 4 members (excludes halogenated alkanes) is 5. The van der Waals surface area contributed by atoms with Crippen molar-refractivity contribution in [1.29, 1.82) is 0 Å². The molecule has 0 saturated heterocycles. The molecule has 0 fully saturated rings. The fraction of sp³-hybridized carbons (Fsp3) is 0.909. The van der Waals surface area contributed by atoms with Crippen LogP contribution >= 0.6 is 12.9 Å². The zero-order valence-electron chi connectivity index (χ0n) is 10.1. The quantitative estimate of drug-likeness (QED) is 0.536. The summed E-state index contributed by atoms with van der Waals surface area (Å²) in [5, 5.41) is 8.32. The zero-order chi connectivity index (χ0) is 11.9. The number of rotatable bonds is 8. The Bertz CT molecular complexity index is 130. The van der Waals surface area contributed by atoms with Crippen LogP contribution in [-0.4, -0.2) is 29.3 Å². The molecule has 0 amide bonds. The molecule has 0 saturated carbocycles. The van der Waals surface area contributed by atoms with Gasteiger partial charge in [-0.25, -0.2) is 0 Å². The zero-order valence-corrected chi connectivity index (χ0v) is 13.1. The summed E-state index contributed by atoms with van der Waals surface area (Å²) in [5.41, 5.74) is 0. The lowest BCUT2D eigenvalue weighted by molar-refractivity contribution is -0.137. The smallest absolute Gasteiger partial charge is 0.468 e. The molecule has 0 aliphatic heterocycles. The fourth-order valence-electron chi connectivity index (χ4n) is 1.06. The van der Waals surface area contributed by atoms with E-state index in [9.17, 15) is 4.79 Å². The molecule has 0 aromatic rings. The van der Waals surface area contributed by atoms with Crippen LogP contribution < -0.4 is 0 Å². The van der Waals surface area contributed by atoms with Crippen LogP contribution in [-0.2, 0) is 4.79 Å². The van der Waals surface area contributed by atoms with Crippen LogP contribution in [0.5, 0.6) is 0 Å². The van der Waals surface area contributed by atoms with Gasteiger partial charge in [-0.3, -0.25) is 4.79 Å². The number of aliphatic carboxylic acids is 1. The number of carbonyl (C=O) groups is 1. The second kappa shape index (κ2) is 17.1. The first-order chi connectivity index (χ1) is 7.18. The first-order valence-electron chi connectivity index (χ1n) is 5.96. The van der Waals surface area contributed by atoms with Crippen LogP contribution in [0.15, 0.2) is 0 Å². The molecule has 0 spiro atoms. The third kappa shape index (κ3) is 25.2. The highest BCUT2D eigenvalue weighted by atomic mass is 79.9. The van der Waals surface area contributed by atoms with Crippen molar-refractivity contribution in [2.45, 2.75) is 63.3 Å². The summed E-state index contributed by atoms with van der Waals surface area (Å²) >= 11 is 3.62. The molecule has 0 unspecified atom stereocenters. The van der Waals surface area contributed by atoms with E-state index in [1.54, 1.807) is 0 Å². The molecule has 0 radical (unpaired) electrons. The van der Waals surface area contributed by atoms with Gasteiger partial charge in [-0.2, -0.15) is 0 Å².